The van der Waals surface area contributed by atoms with E-state index in [4.69, 9.17) is 0 Å². The molecule has 8 nitrogen and oxygen atoms in total. The van der Waals surface area contributed by atoms with Crippen molar-refractivity contribution >= 4 is 39.5 Å². The third-order valence-corrected chi connectivity index (χ3v) is 7.53. The van der Waals surface area contributed by atoms with Crippen molar-refractivity contribution in [3.8, 4) is 0 Å². The molecule has 1 amide bonds. The summed E-state index contributed by atoms with van der Waals surface area (Å²) in [6.45, 7) is 3.56. The maximum atomic E-state index is 12.5. The first-order chi connectivity index (χ1) is 11.6. The molecule has 2 N–H and O–H groups in total. The molecule has 25 heavy (non-hydrogen) atoms. The lowest BCUT2D eigenvalue weighted by Gasteiger charge is -2.41. The van der Waals surface area contributed by atoms with Gasteiger partial charge in [-0.25, -0.2) is 13.2 Å². The first-order valence-electron chi connectivity index (χ1n) is 7.56. The van der Waals surface area contributed by atoms with Gasteiger partial charge in [0.25, 0.3) is 15.9 Å². The van der Waals surface area contributed by atoms with Crippen molar-refractivity contribution < 1.29 is 23.1 Å². The highest BCUT2D eigenvalue weighted by atomic mass is 32.2. The van der Waals surface area contributed by atoms with Crippen LogP contribution in [0, 0.1) is 0 Å². The molecule has 0 aliphatic carbocycles. The van der Waals surface area contributed by atoms with Crippen LogP contribution in [0.3, 0.4) is 0 Å². The molecule has 0 saturated carbocycles. The number of carboxylic acid groups (broad SMARTS) is 1. The third-order valence-electron chi connectivity index (χ3n) is 4.58. The van der Waals surface area contributed by atoms with Crippen LogP contribution in [-0.4, -0.2) is 58.3 Å². The van der Waals surface area contributed by atoms with E-state index >= 15 is 0 Å². The van der Waals surface area contributed by atoms with Crippen LogP contribution in [-0.2, 0) is 19.6 Å². The number of aliphatic carboxylic acids is 1. The molecule has 2 saturated heterocycles. The summed E-state index contributed by atoms with van der Waals surface area (Å²) >= 11 is 1.37. The Bertz CT molecular complexity index is 940. The number of rotatable bonds is 2. The molecular formula is C15H15N3O5S2. The molecule has 0 radical (unpaired) electrons. The number of thioether (sulfide) groups is 1. The van der Waals surface area contributed by atoms with Crippen molar-refractivity contribution in [2.24, 2.45) is 4.99 Å². The van der Waals surface area contributed by atoms with Crippen molar-refractivity contribution in [1.82, 2.24) is 9.62 Å². The predicted molar refractivity (Wildman–Crippen MR) is 90.8 cm³/mol. The summed E-state index contributed by atoms with van der Waals surface area (Å²) in [5.74, 6) is -1.32. The van der Waals surface area contributed by atoms with E-state index in [1.807, 2.05) is 0 Å². The Morgan fingerprint density at radius 2 is 2.04 bits per heavy atom. The average Bonchev–Trinajstić information content (AvgIpc) is 2.94. The minimum absolute atomic E-state index is 0.125. The SMILES string of the molecule is CC1(C)SC2C(N=C3NS(=O)(=O)c4ccccc43)C(=O)N2C1C(=O)O. The molecule has 1 aromatic carbocycles. The number of amides is 1. The van der Waals surface area contributed by atoms with Gasteiger partial charge < -0.3 is 10.0 Å². The zero-order valence-corrected chi connectivity index (χ0v) is 15.0. The Kier molecular flexibility index (Phi) is 3.27. The molecule has 0 aromatic heterocycles. The summed E-state index contributed by atoms with van der Waals surface area (Å²) in [5.41, 5.74) is 0.422. The lowest BCUT2D eigenvalue weighted by molar-refractivity contribution is -0.158. The van der Waals surface area contributed by atoms with Crippen molar-refractivity contribution in [2.75, 3.05) is 0 Å². The van der Waals surface area contributed by atoms with Gasteiger partial charge in [0.15, 0.2) is 6.04 Å². The molecule has 3 aliphatic heterocycles. The van der Waals surface area contributed by atoms with E-state index in [1.165, 1.54) is 22.7 Å². The Balaban J connectivity index is 1.70. The third kappa shape index (κ3) is 2.20. The van der Waals surface area contributed by atoms with E-state index in [-0.39, 0.29) is 10.7 Å². The first kappa shape index (κ1) is 16.4. The fourth-order valence-electron chi connectivity index (χ4n) is 3.48. The van der Waals surface area contributed by atoms with Gasteiger partial charge in [-0.2, -0.15) is 0 Å². The summed E-state index contributed by atoms with van der Waals surface area (Å²) in [4.78, 5) is 29.8. The molecule has 2 fully saturated rings. The molecule has 1 aromatic rings. The number of nitrogens with one attached hydrogen (secondary N) is 1. The van der Waals surface area contributed by atoms with Crippen LogP contribution in [0.5, 0.6) is 0 Å². The standard InChI is InChI=1S/C15H15N3O5S2/c1-15(2)10(14(20)21)18-12(19)9(13(18)24-15)16-11-7-5-3-4-6-8(7)25(22,23)17-11/h3-6,9-10,13H,1-2H3,(H,16,17)(H,20,21). The fourth-order valence-corrected chi connectivity index (χ4v) is 6.33. The molecule has 4 rings (SSSR count). The molecule has 132 valence electrons. The van der Waals surface area contributed by atoms with E-state index in [9.17, 15) is 23.1 Å². The number of sulfonamides is 1. The summed E-state index contributed by atoms with van der Waals surface area (Å²) < 4.78 is 26.0. The summed E-state index contributed by atoms with van der Waals surface area (Å²) in [5, 5.41) is 9.01. The summed E-state index contributed by atoms with van der Waals surface area (Å²) in [6.07, 6.45) is 0. The molecule has 0 bridgehead atoms. The van der Waals surface area contributed by atoms with Crippen molar-refractivity contribution in [3.05, 3.63) is 29.8 Å². The first-order valence-corrected chi connectivity index (χ1v) is 9.92. The van der Waals surface area contributed by atoms with Crippen molar-refractivity contribution in [3.63, 3.8) is 0 Å². The normalized spacial score (nSPS) is 32.7. The fraction of sp³-hybridized carbons (Fsp3) is 0.400. The number of carboxylic acids is 1. The minimum Gasteiger partial charge on any atom is -0.480 e. The molecule has 3 aliphatic rings. The lowest BCUT2D eigenvalue weighted by Crippen LogP contribution is -2.65. The molecule has 3 heterocycles. The van der Waals surface area contributed by atoms with Crippen LogP contribution in [0.2, 0.25) is 0 Å². The van der Waals surface area contributed by atoms with Crippen LogP contribution < -0.4 is 4.72 Å². The predicted octanol–water partition coefficient (Wildman–Crippen LogP) is 0.241. The van der Waals surface area contributed by atoms with Gasteiger partial charge in [0.05, 0.1) is 4.90 Å². The minimum atomic E-state index is -3.68. The average molecular weight is 381 g/mol. The topological polar surface area (TPSA) is 116 Å². The molecule has 3 unspecified atom stereocenters. The number of benzene rings is 1. The van der Waals surface area contributed by atoms with Crippen LogP contribution in [0.25, 0.3) is 0 Å². The maximum Gasteiger partial charge on any atom is 0.327 e. The number of hydrogen-bond donors (Lipinski definition) is 2. The van der Waals surface area contributed by atoms with Gasteiger partial charge in [0.2, 0.25) is 0 Å². The zero-order chi connectivity index (χ0) is 18.1. The number of carbonyl (C=O) groups is 2. The number of amidine groups is 1. The van der Waals surface area contributed by atoms with Crippen molar-refractivity contribution in [1.29, 1.82) is 0 Å². The number of nitrogens with zero attached hydrogens (tertiary/aromatic N) is 2. The van der Waals surface area contributed by atoms with Crippen LogP contribution >= 0.6 is 11.8 Å². The Labute approximate surface area is 148 Å². The van der Waals surface area contributed by atoms with E-state index in [2.05, 4.69) is 9.71 Å². The number of fused-ring (bicyclic) bond motifs is 2. The second kappa shape index (κ2) is 4.98. The maximum absolute atomic E-state index is 12.5. The van der Waals surface area contributed by atoms with Gasteiger partial charge >= 0.3 is 5.97 Å². The smallest absolute Gasteiger partial charge is 0.327 e. The van der Waals surface area contributed by atoms with E-state index in [1.54, 1.807) is 32.0 Å². The second-order valence-corrected chi connectivity index (χ2v) is 10.0. The Hall–Kier alpha value is -2.07. The van der Waals surface area contributed by atoms with Crippen LogP contribution in [0.15, 0.2) is 34.2 Å². The number of carbonyl (C=O) groups excluding carboxylic acids is 1. The van der Waals surface area contributed by atoms with E-state index in [0.29, 0.717) is 5.56 Å². The second-order valence-electron chi connectivity index (χ2n) is 6.62. The lowest BCUT2D eigenvalue weighted by atomic mass is 9.96. The van der Waals surface area contributed by atoms with Gasteiger partial charge in [-0.15, -0.1) is 11.8 Å². The van der Waals surface area contributed by atoms with Gasteiger partial charge in [-0.05, 0) is 26.0 Å². The Morgan fingerprint density at radius 1 is 1.36 bits per heavy atom. The quantitative estimate of drug-likeness (QED) is 0.709. The van der Waals surface area contributed by atoms with Gasteiger partial charge in [0.1, 0.15) is 17.3 Å². The molecule has 0 spiro atoms. The van der Waals surface area contributed by atoms with Gasteiger partial charge in [-0.3, -0.25) is 14.5 Å². The van der Waals surface area contributed by atoms with Gasteiger partial charge in [-0.1, -0.05) is 12.1 Å². The van der Waals surface area contributed by atoms with Crippen molar-refractivity contribution in [2.45, 2.75) is 40.9 Å². The van der Waals surface area contributed by atoms with Crippen LogP contribution in [0.4, 0.5) is 0 Å². The highest BCUT2D eigenvalue weighted by Crippen LogP contribution is 2.51. The summed E-state index contributed by atoms with van der Waals surface area (Å²) in [7, 11) is -3.68. The molecule has 10 heteroatoms. The zero-order valence-electron chi connectivity index (χ0n) is 13.3. The van der Waals surface area contributed by atoms with Gasteiger partial charge in [0, 0.05) is 10.3 Å². The molecular weight excluding hydrogens is 366 g/mol. The Morgan fingerprint density at radius 3 is 2.72 bits per heavy atom. The highest BCUT2D eigenvalue weighted by Gasteiger charge is 2.64. The highest BCUT2D eigenvalue weighted by molar-refractivity contribution is 8.01. The molecule has 3 atom stereocenters. The van der Waals surface area contributed by atoms with Crippen LogP contribution in [0.1, 0.15) is 19.4 Å². The van der Waals surface area contributed by atoms with E-state index in [0.717, 1.165) is 0 Å². The largest absolute Gasteiger partial charge is 0.480 e. The number of hydrogen-bond acceptors (Lipinski definition) is 6. The van der Waals surface area contributed by atoms with E-state index < -0.39 is 44.1 Å². The number of β-lactam (4-membered cyclic amide) rings is 1. The summed E-state index contributed by atoms with van der Waals surface area (Å²) in [6, 6.07) is 4.70. The number of aliphatic imine (C=N–C) groups is 1. The monoisotopic (exact) mass is 381 g/mol.